The first-order chi connectivity index (χ1) is 12.6. The minimum atomic E-state index is -0.768. The fourth-order valence-corrected chi connectivity index (χ4v) is 3.08. The number of anilines is 1. The van der Waals surface area contributed by atoms with E-state index < -0.39 is 5.54 Å². The number of methoxy groups -OCH3 is 3. The lowest BCUT2D eigenvalue weighted by molar-refractivity contribution is 0.346. The van der Waals surface area contributed by atoms with Crippen LogP contribution in [0.5, 0.6) is 17.2 Å². The van der Waals surface area contributed by atoms with Gasteiger partial charge in [-0.1, -0.05) is 12.1 Å². The molecule has 3 rings (SSSR count). The molecule has 6 heteroatoms. The third-order valence-electron chi connectivity index (χ3n) is 4.53. The maximum absolute atomic E-state index is 5.63. The van der Waals surface area contributed by atoms with Gasteiger partial charge in [-0.25, -0.2) is 4.99 Å². The third-order valence-corrected chi connectivity index (χ3v) is 4.53. The molecule has 1 unspecified atom stereocenters. The molecule has 2 aromatic rings. The molecular formula is C20H23N3O3. The molecule has 0 aromatic heterocycles. The van der Waals surface area contributed by atoms with Crippen molar-refractivity contribution in [1.82, 2.24) is 0 Å². The normalized spacial score (nSPS) is 18.0. The Kier molecular flexibility index (Phi) is 4.84. The highest BCUT2D eigenvalue weighted by Crippen LogP contribution is 2.44. The Morgan fingerprint density at radius 1 is 0.846 bits per heavy atom. The molecule has 0 saturated carbocycles. The Bertz CT molecular complexity index is 830. The predicted octanol–water partition coefficient (Wildman–Crippen LogP) is 3.13. The smallest absolute Gasteiger partial charge is 0.164 e. The Hall–Kier alpha value is -3.02. The summed E-state index contributed by atoms with van der Waals surface area (Å²) in [6.07, 6.45) is 3.39. The number of hydrogen-bond donors (Lipinski definition) is 0. The standard InChI is InChI=1S/C20H23N3O3/c1-23(2)15-8-6-14(7-9-15)20(12-21-13-22-20)16-10-18(25-4)19(26-5)11-17(16)24-3/h6-13H,1-5H3. The van der Waals surface area contributed by atoms with E-state index in [2.05, 4.69) is 39.2 Å². The molecule has 26 heavy (non-hydrogen) atoms. The van der Waals surface area contributed by atoms with E-state index in [-0.39, 0.29) is 0 Å². The molecule has 0 radical (unpaired) electrons. The van der Waals surface area contributed by atoms with Crippen LogP contribution >= 0.6 is 0 Å². The molecule has 0 aliphatic carbocycles. The lowest BCUT2D eigenvalue weighted by Gasteiger charge is -2.27. The average molecular weight is 353 g/mol. The summed E-state index contributed by atoms with van der Waals surface area (Å²) in [6.45, 7) is 0. The van der Waals surface area contributed by atoms with Gasteiger partial charge in [-0.05, 0) is 23.8 Å². The van der Waals surface area contributed by atoms with Gasteiger partial charge in [0.05, 0.1) is 21.3 Å². The number of aliphatic imine (C=N–C) groups is 2. The Balaban J connectivity index is 2.20. The number of benzene rings is 2. The monoisotopic (exact) mass is 353 g/mol. The fraction of sp³-hybridized carbons (Fsp3) is 0.300. The van der Waals surface area contributed by atoms with Crippen molar-refractivity contribution in [2.45, 2.75) is 5.54 Å². The van der Waals surface area contributed by atoms with Crippen LogP contribution in [0, 0.1) is 0 Å². The van der Waals surface area contributed by atoms with Crippen LogP contribution < -0.4 is 19.1 Å². The molecule has 1 heterocycles. The molecular weight excluding hydrogens is 330 g/mol. The van der Waals surface area contributed by atoms with Crippen LogP contribution in [0.25, 0.3) is 0 Å². The van der Waals surface area contributed by atoms with E-state index in [0.717, 1.165) is 16.8 Å². The molecule has 136 valence electrons. The summed E-state index contributed by atoms with van der Waals surface area (Å²) in [4.78, 5) is 11.0. The van der Waals surface area contributed by atoms with E-state index in [9.17, 15) is 0 Å². The molecule has 6 nitrogen and oxygen atoms in total. The second-order valence-electron chi connectivity index (χ2n) is 6.14. The third kappa shape index (κ3) is 2.87. The Morgan fingerprint density at radius 3 is 1.96 bits per heavy atom. The maximum Gasteiger partial charge on any atom is 0.164 e. The second kappa shape index (κ2) is 7.07. The number of nitrogens with zero attached hydrogens (tertiary/aromatic N) is 3. The highest BCUT2D eigenvalue weighted by Gasteiger charge is 2.37. The first kappa shape index (κ1) is 17.8. The average Bonchev–Trinajstić information content (AvgIpc) is 3.17. The van der Waals surface area contributed by atoms with Crippen molar-refractivity contribution in [3.8, 4) is 17.2 Å². The first-order valence-electron chi connectivity index (χ1n) is 8.22. The van der Waals surface area contributed by atoms with Crippen LogP contribution in [0.4, 0.5) is 5.69 Å². The lowest BCUT2D eigenvalue weighted by Crippen LogP contribution is -2.26. The molecule has 0 fully saturated rings. The molecule has 0 spiro atoms. The molecule has 1 atom stereocenters. The van der Waals surface area contributed by atoms with Crippen LogP contribution in [0.3, 0.4) is 0 Å². The van der Waals surface area contributed by atoms with Gasteiger partial charge in [-0.2, -0.15) is 0 Å². The van der Waals surface area contributed by atoms with Gasteiger partial charge in [0.2, 0.25) is 0 Å². The topological polar surface area (TPSA) is 55.7 Å². The van der Waals surface area contributed by atoms with Gasteiger partial charge >= 0.3 is 0 Å². The number of hydrogen-bond acceptors (Lipinski definition) is 6. The summed E-state index contributed by atoms with van der Waals surface area (Å²) in [5, 5.41) is 0. The van der Waals surface area contributed by atoms with Crippen LogP contribution in [-0.4, -0.2) is 48.0 Å². The van der Waals surface area contributed by atoms with Crippen molar-refractivity contribution in [3.05, 3.63) is 47.5 Å². The number of ether oxygens (including phenoxy) is 3. The van der Waals surface area contributed by atoms with Crippen molar-refractivity contribution in [2.24, 2.45) is 9.98 Å². The molecule has 0 saturated heterocycles. The van der Waals surface area contributed by atoms with E-state index >= 15 is 0 Å². The summed E-state index contributed by atoms with van der Waals surface area (Å²) in [6, 6.07) is 11.9. The fourth-order valence-electron chi connectivity index (χ4n) is 3.08. The first-order valence-corrected chi connectivity index (χ1v) is 8.22. The van der Waals surface area contributed by atoms with E-state index in [1.165, 1.54) is 0 Å². The van der Waals surface area contributed by atoms with Crippen molar-refractivity contribution in [3.63, 3.8) is 0 Å². The predicted molar refractivity (Wildman–Crippen MR) is 105 cm³/mol. The van der Waals surface area contributed by atoms with Gasteiger partial charge in [0.25, 0.3) is 0 Å². The SMILES string of the molecule is COc1cc(OC)c(C2(c3ccc(N(C)C)cc3)C=NC=N2)cc1OC. The van der Waals surface area contributed by atoms with E-state index in [1.54, 1.807) is 27.7 Å². The zero-order chi connectivity index (χ0) is 18.7. The minimum absolute atomic E-state index is 0.602. The molecule has 0 bridgehead atoms. The minimum Gasteiger partial charge on any atom is -0.496 e. The highest BCUT2D eigenvalue weighted by atomic mass is 16.5. The summed E-state index contributed by atoms with van der Waals surface area (Å²) in [5.41, 5.74) is 2.18. The number of rotatable bonds is 6. The van der Waals surface area contributed by atoms with E-state index in [4.69, 9.17) is 14.2 Å². The van der Waals surface area contributed by atoms with Crippen LogP contribution in [0.1, 0.15) is 11.1 Å². The summed E-state index contributed by atoms with van der Waals surface area (Å²) >= 11 is 0. The summed E-state index contributed by atoms with van der Waals surface area (Å²) in [5.74, 6) is 1.87. The van der Waals surface area contributed by atoms with Crippen LogP contribution in [-0.2, 0) is 5.54 Å². The molecule has 1 aliphatic heterocycles. The van der Waals surface area contributed by atoms with Gasteiger partial charge in [0.15, 0.2) is 17.0 Å². The van der Waals surface area contributed by atoms with Crippen molar-refractivity contribution in [2.75, 3.05) is 40.3 Å². The van der Waals surface area contributed by atoms with Gasteiger partial charge in [0.1, 0.15) is 12.1 Å². The van der Waals surface area contributed by atoms with Gasteiger partial charge < -0.3 is 19.1 Å². The van der Waals surface area contributed by atoms with E-state index in [1.807, 2.05) is 32.4 Å². The van der Waals surface area contributed by atoms with E-state index in [0.29, 0.717) is 17.2 Å². The highest BCUT2D eigenvalue weighted by molar-refractivity contribution is 5.91. The summed E-state index contributed by atoms with van der Waals surface area (Å²) in [7, 11) is 8.86. The van der Waals surface area contributed by atoms with Crippen LogP contribution in [0.15, 0.2) is 46.4 Å². The molecule has 0 N–H and O–H groups in total. The molecule has 2 aromatic carbocycles. The van der Waals surface area contributed by atoms with Crippen molar-refractivity contribution < 1.29 is 14.2 Å². The zero-order valence-corrected chi connectivity index (χ0v) is 15.7. The van der Waals surface area contributed by atoms with Gasteiger partial charge in [-0.3, -0.25) is 4.99 Å². The lowest BCUT2D eigenvalue weighted by atomic mass is 9.83. The summed E-state index contributed by atoms with van der Waals surface area (Å²) < 4.78 is 16.5. The van der Waals surface area contributed by atoms with Gasteiger partial charge in [0, 0.05) is 37.6 Å². The van der Waals surface area contributed by atoms with Crippen molar-refractivity contribution in [1.29, 1.82) is 0 Å². The Morgan fingerprint density at radius 2 is 1.46 bits per heavy atom. The van der Waals surface area contributed by atoms with Gasteiger partial charge in [-0.15, -0.1) is 0 Å². The second-order valence-corrected chi connectivity index (χ2v) is 6.14. The molecule has 1 aliphatic rings. The van der Waals surface area contributed by atoms with Crippen LogP contribution in [0.2, 0.25) is 0 Å². The molecule has 0 amide bonds. The maximum atomic E-state index is 5.63. The van der Waals surface area contributed by atoms with Crippen molar-refractivity contribution >= 4 is 18.2 Å². The Labute approximate surface area is 153 Å². The largest absolute Gasteiger partial charge is 0.496 e. The zero-order valence-electron chi connectivity index (χ0n) is 15.7. The quantitative estimate of drug-likeness (QED) is 0.801.